The number of hydrogen-bond donors (Lipinski definition) is 1. The third-order valence-electron chi connectivity index (χ3n) is 5.75. The number of allylic oxidation sites excluding steroid dienone is 1. The number of esters is 1. The molecule has 1 aromatic heterocycles. The lowest BCUT2D eigenvalue weighted by atomic mass is 9.85. The monoisotopic (exact) mass is 465 g/mol. The number of carbonyl (C=O) groups is 1. The first-order valence-corrected chi connectivity index (χ1v) is 11.8. The minimum Gasteiger partial charge on any atom is -0.496 e. The van der Waals surface area contributed by atoms with Crippen LogP contribution in [0, 0.1) is 5.82 Å². The SMILES string of the molecule is CCc1ccc(C(=O)OCc2c(-c3ccc(F)cc3OC)ccc3c2C(C)=CC(C)(C)N3)s1. The molecular formula is C27H28FNO3S. The summed E-state index contributed by atoms with van der Waals surface area (Å²) < 4.78 is 25.1. The van der Waals surface area contributed by atoms with E-state index in [4.69, 9.17) is 9.47 Å². The second-order valence-electron chi connectivity index (χ2n) is 8.73. The highest BCUT2D eigenvalue weighted by molar-refractivity contribution is 7.13. The number of aryl methyl sites for hydroxylation is 1. The molecule has 2 heterocycles. The quantitative estimate of drug-likeness (QED) is 0.395. The van der Waals surface area contributed by atoms with Crippen molar-refractivity contribution in [2.24, 2.45) is 0 Å². The summed E-state index contributed by atoms with van der Waals surface area (Å²) in [5, 5.41) is 3.55. The van der Waals surface area contributed by atoms with Crippen molar-refractivity contribution in [3.8, 4) is 16.9 Å². The normalized spacial score (nSPS) is 14.2. The highest BCUT2D eigenvalue weighted by Gasteiger charge is 2.27. The molecule has 0 atom stereocenters. The van der Waals surface area contributed by atoms with Crippen LogP contribution in [-0.2, 0) is 17.8 Å². The van der Waals surface area contributed by atoms with E-state index in [1.165, 1.54) is 30.6 Å². The molecule has 0 spiro atoms. The molecule has 1 aliphatic heterocycles. The summed E-state index contributed by atoms with van der Waals surface area (Å²) in [5.41, 5.74) is 5.30. The average molecular weight is 466 g/mol. The summed E-state index contributed by atoms with van der Waals surface area (Å²) in [4.78, 5) is 14.5. The van der Waals surface area contributed by atoms with Gasteiger partial charge in [0.25, 0.3) is 0 Å². The molecule has 0 unspecified atom stereocenters. The van der Waals surface area contributed by atoms with Crippen LogP contribution in [0.5, 0.6) is 5.75 Å². The minimum absolute atomic E-state index is 0.0878. The maximum Gasteiger partial charge on any atom is 0.348 e. The Kier molecular flexibility index (Phi) is 6.30. The number of rotatable bonds is 6. The zero-order chi connectivity index (χ0) is 23.8. The summed E-state index contributed by atoms with van der Waals surface area (Å²) in [5.74, 6) is -0.287. The van der Waals surface area contributed by atoms with E-state index in [2.05, 4.69) is 39.1 Å². The van der Waals surface area contributed by atoms with Gasteiger partial charge in [-0.25, -0.2) is 9.18 Å². The van der Waals surface area contributed by atoms with Gasteiger partial charge in [0, 0.05) is 33.3 Å². The van der Waals surface area contributed by atoms with Gasteiger partial charge in [-0.05, 0) is 68.7 Å². The lowest BCUT2D eigenvalue weighted by molar-refractivity contribution is 0.0479. The third kappa shape index (κ3) is 4.67. The van der Waals surface area contributed by atoms with Crippen LogP contribution in [0.2, 0.25) is 0 Å². The van der Waals surface area contributed by atoms with Crippen molar-refractivity contribution in [2.45, 2.75) is 46.3 Å². The first-order valence-electron chi connectivity index (χ1n) is 11.0. The molecule has 1 aliphatic rings. The maximum absolute atomic E-state index is 13.9. The molecule has 0 saturated heterocycles. The number of fused-ring (bicyclic) bond motifs is 1. The fourth-order valence-electron chi connectivity index (χ4n) is 4.38. The van der Waals surface area contributed by atoms with Crippen LogP contribution in [0.4, 0.5) is 10.1 Å². The summed E-state index contributed by atoms with van der Waals surface area (Å²) in [7, 11) is 1.52. The van der Waals surface area contributed by atoms with Gasteiger partial charge in [0.2, 0.25) is 0 Å². The van der Waals surface area contributed by atoms with Gasteiger partial charge >= 0.3 is 5.97 Å². The highest BCUT2D eigenvalue weighted by Crippen LogP contribution is 2.42. The molecule has 0 saturated carbocycles. The van der Waals surface area contributed by atoms with Crippen molar-refractivity contribution >= 4 is 28.6 Å². The van der Waals surface area contributed by atoms with E-state index >= 15 is 0 Å². The Hall–Kier alpha value is -3.12. The van der Waals surface area contributed by atoms with Gasteiger partial charge < -0.3 is 14.8 Å². The predicted molar refractivity (Wildman–Crippen MR) is 133 cm³/mol. The van der Waals surface area contributed by atoms with E-state index in [1.54, 1.807) is 6.07 Å². The van der Waals surface area contributed by atoms with E-state index in [9.17, 15) is 9.18 Å². The third-order valence-corrected chi connectivity index (χ3v) is 6.96. The fourth-order valence-corrected chi connectivity index (χ4v) is 5.22. The van der Waals surface area contributed by atoms with Crippen LogP contribution in [0.3, 0.4) is 0 Å². The number of nitrogens with one attached hydrogen (secondary N) is 1. The van der Waals surface area contributed by atoms with Crippen molar-refractivity contribution in [1.29, 1.82) is 0 Å². The maximum atomic E-state index is 13.9. The van der Waals surface area contributed by atoms with Crippen molar-refractivity contribution in [1.82, 2.24) is 0 Å². The van der Waals surface area contributed by atoms with Gasteiger partial charge in [-0.2, -0.15) is 0 Å². The van der Waals surface area contributed by atoms with Crippen LogP contribution in [0.1, 0.15) is 53.4 Å². The van der Waals surface area contributed by atoms with E-state index in [1.807, 2.05) is 24.3 Å². The molecule has 33 heavy (non-hydrogen) atoms. The summed E-state index contributed by atoms with van der Waals surface area (Å²) in [6.45, 7) is 8.43. The summed E-state index contributed by atoms with van der Waals surface area (Å²) in [6.07, 6.45) is 3.04. The smallest absolute Gasteiger partial charge is 0.348 e. The molecular weight excluding hydrogens is 437 g/mol. The average Bonchev–Trinajstić information content (AvgIpc) is 3.26. The van der Waals surface area contributed by atoms with E-state index < -0.39 is 0 Å². The number of thiophene rings is 1. The number of anilines is 1. The lowest BCUT2D eigenvalue weighted by Gasteiger charge is -2.33. The van der Waals surface area contributed by atoms with Crippen molar-refractivity contribution in [2.75, 3.05) is 12.4 Å². The molecule has 0 radical (unpaired) electrons. The Morgan fingerprint density at radius 1 is 1.12 bits per heavy atom. The first kappa shape index (κ1) is 23.1. The van der Waals surface area contributed by atoms with Gasteiger partial charge in [-0.3, -0.25) is 0 Å². The second kappa shape index (κ2) is 9.02. The Labute approximate surface area is 198 Å². The molecule has 6 heteroatoms. The fraction of sp³-hybridized carbons (Fsp3) is 0.296. The van der Waals surface area contributed by atoms with Crippen molar-refractivity contribution in [3.63, 3.8) is 0 Å². The molecule has 0 amide bonds. The van der Waals surface area contributed by atoms with E-state index in [0.717, 1.165) is 44.8 Å². The molecule has 1 N–H and O–H groups in total. The van der Waals surface area contributed by atoms with E-state index in [-0.39, 0.29) is 23.9 Å². The van der Waals surface area contributed by atoms with Gasteiger partial charge in [-0.1, -0.05) is 19.1 Å². The Bertz CT molecular complexity index is 1240. The highest BCUT2D eigenvalue weighted by atomic mass is 32.1. The van der Waals surface area contributed by atoms with Crippen LogP contribution >= 0.6 is 11.3 Å². The molecule has 0 aliphatic carbocycles. The van der Waals surface area contributed by atoms with Crippen LogP contribution in [0.25, 0.3) is 16.7 Å². The number of hydrogen-bond acceptors (Lipinski definition) is 5. The lowest BCUT2D eigenvalue weighted by Crippen LogP contribution is -2.32. The topological polar surface area (TPSA) is 47.6 Å². The molecule has 4 rings (SSSR count). The number of ether oxygens (including phenoxy) is 2. The van der Waals surface area contributed by atoms with Gasteiger partial charge in [-0.15, -0.1) is 11.3 Å². The van der Waals surface area contributed by atoms with Gasteiger partial charge in [0.15, 0.2) is 0 Å². The summed E-state index contributed by atoms with van der Waals surface area (Å²) in [6, 6.07) is 12.2. The van der Waals surface area contributed by atoms with Crippen LogP contribution in [-0.4, -0.2) is 18.6 Å². The van der Waals surface area contributed by atoms with E-state index in [0.29, 0.717) is 10.6 Å². The number of carbonyl (C=O) groups excluding carboxylic acids is 1. The van der Waals surface area contributed by atoms with Crippen LogP contribution in [0.15, 0.2) is 48.5 Å². The molecule has 2 aromatic carbocycles. The van der Waals surface area contributed by atoms with Crippen molar-refractivity contribution < 1.29 is 18.7 Å². The second-order valence-corrected chi connectivity index (χ2v) is 9.90. The van der Waals surface area contributed by atoms with Crippen molar-refractivity contribution in [3.05, 3.63) is 75.2 Å². The first-order chi connectivity index (χ1) is 15.7. The number of methoxy groups -OCH3 is 1. The number of benzene rings is 2. The zero-order valence-corrected chi connectivity index (χ0v) is 20.4. The molecule has 0 bridgehead atoms. The molecule has 3 aromatic rings. The standard InChI is InChI=1S/C27H28FNO3S/c1-6-18-8-12-24(33-18)26(30)32-15-21-19(20-9-7-17(28)13-23(20)31-5)10-11-22-25(21)16(2)14-27(3,4)29-22/h7-14,29H,6,15H2,1-5H3. The zero-order valence-electron chi connectivity index (χ0n) is 19.5. The Morgan fingerprint density at radius 3 is 2.58 bits per heavy atom. The van der Waals surface area contributed by atoms with Gasteiger partial charge in [0.05, 0.1) is 12.6 Å². The molecule has 172 valence electrons. The predicted octanol–water partition coefficient (Wildman–Crippen LogP) is 7.09. The Balaban J connectivity index is 1.80. The minimum atomic E-state index is -0.370. The number of halogens is 1. The Morgan fingerprint density at radius 2 is 1.88 bits per heavy atom. The largest absolute Gasteiger partial charge is 0.496 e. The van der Waals surface area contributed by atoms with Gasteiger partial charge in [0.1, 0.15) is 23.1 Å². The molecule has 0 fully saturated rings. The summed E-state index contributed by atoms with van der Waals surface area (Å²) >= 11 is 1.45. The molecule has 4 nitrogen and oxygen atoms in total. The van der Waals surface area contributed by atoms with Crippen LogP contribution < -0.4 is 10.1 Å².